The molecule has 0 saturated carbocycles. The molecule has 0 aliphatic heterocycles. The molecule has 0 saturated heterocycles. The Morgan fingerprint density at radius 1 is 1.20 bits per heavy atom. The average Bonchev–Trinajstić information content (AvgIpc) is 1.97. The lowest BCUT2D eigenvalue weighted by atomic mass is 10.2. The number of nitrogens with zero attached hydrogens (tertiary/aromatic N) is 3. The summed E-state index contributed by atoms with van der Waals surface area (Å²) in [4.78, 5) is 2.67. The van der Waals surface area contributed by atoms with Gasteiger partial charge in [-0.15, -0.1) is 0 Å². The van der Waals surface area contributed by atoms with Crippen LogP contribution in [0.1, 0.15) is 25.7 Å². The van der Waals surface area contributed by atoms with Crippen LogP contribution < -0.4 is 0 Å². The molecule has 0 aromatic carbocycles. The van der Waals surface area contributed by atoms with Gasteiger partial charge in [-0.3, -0.25) is 0 Å². The topological polar surface area (TPSA) is 48.8 Å². The van der Waals surface area contributed by atoms with Crippen LogP contribution >= 0.6 is 15.9 Å². The first-order valence-electron chi connectivity index (χ1n) is 3.48. The van der Waals surface area contributed by atoms with Crippen LogP contribution in [0.2, 0.25) is 0 Å². The summed E-state index contributed by atoms with van der Waals surface area (Å²) in [5, 5.41) is 4.52. The number of hydrogen-bond acceptors (Lipinski definition) is 1. The lowest BCUT2D eigenvalue weighted by molar-refractivity contribution is 0.678. The Morgan fingerprint density at radius 3 is 2.50 bits per heavy atom. The third-order valence-corrected chi connectivity index (χ3v) is 1.77. The zero-order valence-corrected chi connectivity index (χ0v) is 7.55. The van der Waals surface area contributed by atoms with E-state index in [2.05, 4.69) is 26.0 Å². The molecule has 0 aliphatic carbocycles. The van der Waals surface area contributed by atoms with Crippen LogP contribution in [0, 0.1) is 0 Å². The van der Waals surface area contributed by atoms with Gasteiger partial charge < -0.3 is 0 Å². The minimum atomic E-state index is 0.652. The van der Waals surface area contributed by atoms with Gasteiger partial charge >= 0.3 is 0 Å². The van der Waals surface area contributed by atoms with Crippen molar-refractivity contribution in [2.75, 3.05) is 11.9 Å². The Labute approximate surface area is 69.6 Å². The molecule has 0 amide bonds. The molecule has 0 bridgehead atoms. The molecule has 0 unspecified atom stereocenters. The van der Waals surface area contributed by atoms with E-state index < -0.39 is 0 Å². The second-order valence-electron chi connectivity index (χ2n) is 2.06. The van der Waals surface area contributed by atoms with Crippen molar-refractivity contribution in [1.82, 2.24) is 0 Å². The van der Waals surface area contributed by atoms with E-state index >= 15 is 0 Å². The van der Waals surface area contributed by atoms with Crippen LogP contribution in [-0.2, 0) is 0 Å². The van der Waals surface area contributed by atoms with Gasteiger partial charge in [-0.1, -0.05) is 33.9 Å². The summed E-state index contributed by atoms with van der Waals surface area (Å²) in [5.41, 5.74) is 7.92. The molecule has 0 heterocycles. The quantitative estimate of drug-likeness (QED) is 0.210. The molecule has 58 valence electrons. The third-order valence-electron chi connectivity index (χ3n) is 1.20. The van der Waals surface area contributed by atoms with E-state index in [1.54, 1.807) is 0 Å². The Hall–Kier alpha value is -0.210. The maximum atomic E-state index is 7.92. The molecule has 0 rings (SSSR count). The van der Waals surface area contributed by atoms with Gasteiger partial charge in [0.1, 0.15) is 0 Å². The molecular weight excluding hydrogens is 194 g/mol. The molecule has 0 aromatic rings. The fraction of sp³-hybridized carbons (Fsp3) is 1.00. The van der Waals surface area contributed by atoms with Gasteiger partial charge in [0, 0.05) is 16.8 Å². The summed E-state index contributed by atoms with van der Waals surface area (Å²) >= 11 is 3.35. The Kier molecular flexibility index (Phi) is 8.61. The van der Waals surface area contributed by atoms with E-state index in [-0.39, 0.29) is 0 Å². The Morgan fingerprint density at radius 2 is 1.90 bits per heavy atom. The van der Waals surface area contributed by atoms with E-state index in [1.165, 1.54) is 19.3 Å². The fourth-order valence-electron chi connectivity index (χ4n) is 0.675. The molecule has 0 fully saturated rings. The van der Waals surface area contributed by atoms with Gasteiger partial charge in [-0.2, -0.15) is 0 Å². The molecule has 0 spiro atoms. The van der Waals surface area contributed by atoms with E-state index in [0.717, 1.165) is 11.8 Å². The first-order chi connectivity index (χ1) is 4.91. The highest BCUT2D eigenvalue weighted by Gasteiger charge is 1.86. The summed E-state index contributed by atoms with van der Waals surface area (Å²) in [6, 6.07) is 0. The minimum Gasteiger partial charge on any atom is -0.0940 e. The largest absolute Gasteiger partial charge is 0.0940 e. The van der Waals surface area contributed by atoms with Gasteiger partial charge in [-0.05, 0) is 18.4 Å². The summed E-state index contributed by atoms with van der Waals surface area (Å²) in [7, 11) is 0. The molecule has 4 heteroatoms. The van der Waals surface area contributed by atoms with Crippen molar-refractivity contribution < 1.29 is 0 Å². The van der Waals surface area contributed by atoms with E-state index in [0.29, 0.717) is 6.54 Å². The lowest BCUT2D eigenvalue weighted by Crippen LogP contribution is -1.81. The number of rotatable bonds is 6. The number of unbranched alkanes of at least 4 members (excludes halogenated alkanes) is 3. The smallest absolute Gasteiger partial charge is 0.0257 e. The number of halogens is 1. The molecule has 0 aliphatic rings. The summed E-state index contributed by atoms with van der Waals surface area (Å²) in [6.07, 6.45) is 4.64. The maximum Gasteiger partial charge on any atom is 0.0257 e. The van der Waals surface area contributed by atoms with Gasteiger partial charge in [0.2, 0.25) is 0 Å². The van der Waals surface area contributed by atoms with Crippen molar-refractivity contribution in [2.45, 2.75) is 25.7 Å². The Balaban J connectivity index is 2.83. The number of hydrogen-bond donors (Lipinski definition) is 0. The van der Waals surface area contributed by atoms with Gasteiger partial charge in [-0.25, -0.2) is 0 Å². The van der Waals surface area contributed by atoms with E-state index in [9.17, 15) is 0 Å². The standard InChI is InChI=1S/C6H12BrN3/c7-5-3-1-2-4-6-9-10-8/h1-6H2. The summed E-state index contributed by atoms with van der Waals surface area (Å²) in [5.74, 6) is 0. The SMILES string of the molecule is [N-]=[N+]=NCCCCCCBr. The Bertz CT molecular complexity index is 110. The first-order valence-corrected chi connectivity index (χ1v) is 4.60. The predicted octanol–water partition coefficient (Wildman–Crippen LogP) is 3.25. The molecule has 0 atom stereocenters. The van der Waals surface area contributed by atoms with Gasteiger partial charge in [0.15, 0.2) is 0 Å². The van der Waals surface area contributed by atoms with Crippen molar-refractivity contribution in [3.05, 3.63) is 10.4 Å². The monoisotopic (exact) mass is 205 g/mol. The lowest BCUT2D eigenvalue weighted by Gasteiger charge is -1.93. The predicted molar refractivity (Wildman–Crippen MR) is 46.3 cm³/mol. The van der Waals surface area contributed by atoms with Crippen LogP contribution in [0.4, 0.5) is 0 Å². The summed E-state index contributed by atoms with van der Waals surface area (Å²) < 4.78 is 0. The fourth-order valence-corrected chi connectivity index (χ4v) is 1.07. The van der Waals surface area contributed by atoms with Crippen molar-refractivity contribution in [1.29, 1.82) is 0 Å². The van der Waals surface area contributed by atoms with Crippen LogP contribution in [0.25, 0.3) is 10.4 Å². The van der Waals surface area contributed by atoms with Crippen LogP contribution in [0.15, 0.2) is 5.11 Å². The molecule has 3 nitrogen and oxygen atoms in total. The van der Waals surface area contributed by atoms with E-state index in [4.69, 9.17) is 5.53 Å². The maximum absolute atomic E-state index is 7.92. The van der Waals surface area contributed by atoms with Crippen molar-refractivity contribution in [3.8, 4) is 0 Å². The van der Waals surface area contributed by atoms with Crippen LogP contribution in [0.3, 0.4) is 0 Å². The number of alkyl halides is 1. The molecule has 0 radical (unpaired) electrons. The highest BCUT2D eigenvalue weighted by atomic mass is 79.9. The van der Waals surface area contributed by atoms with Crippen molar-refractivity contribution in [3.63, 3.8) is 0 Å². The van der Waals surface area contributed by atoms with Crippen LogP contribution in [-0.4, -0.2) is 11.9 Å². The highest BCUT2D eigenvalue weighted by molar-refractivity contribution is 9.09. The molecule has 0 aromatic heterocycles. The third kappa shape index (κ3) is 7.79. The zero-order chi connectivity index (χ0) is 7.66. The summed E-state index contributed by atoms with van der Waals surface area (Å²) in [6.45, 7) is 0.652. The normalized spacial score (nSPS) is 8.90. The minimum absolute atomic E-state index is 0.652. The van der Waals surface area contributed by atoms with Crippen molar-refractivity contribution in [2.24, 2.45) is 5.11 Å². The van der Waals surface area contributed by atoms with Gasteiger partial charge in [0.25, 0.3) is 0 Å². The van der Waals surface area contributed by atoms with Crippen LogP contribution in [0.5, 0.6) is 0 Å². The van der Waals surface area contributed by atoms with E-state index in [1.807, 2.05) is 0 Å². The molecule has 0 N–H and O–H groups in total. The average molecular weight is 206 g/mol. The van der Waals surface area contributed by atoms with Crippen molar-refractivity contribution >= 4 is 15.9 Å². The second kappa shape index (κ2) is 8.79. The van der Waals surface area contributed by atoms with Gasteiger partial charge in [0.05, 0.1) is 0 Å². The molecule has 10 heavy (non-hydrogen) atoms. The highest BCUT2D eigenvalue weighted by Crippen LogP contribution is 2.01. The first kappa shape index (κ1) is 9.79. The number of azide groups is 1. The zero-order valence-electron chi connectivity index (χ0n) is 5.96. The second-order valence-corrected chi connectivity index (χ2v) is 2.85. The molecular formula is C6H12BrN3.